The van der Waals surface area contributed by atoms with Crippen LogP contribution in [-0.4, -0.2) is 11.7 Å². The van der Waals surface area contributed by atoms with Gasteiger partial charge >= 0.3 is 0 Å². The van der Waals surface area contributed by atoms with Crippen LogP contribution in [0.15, 0.2) is 72.8 Å². The molecule has 0 radical (unpaired) electrons. The molecule has 2 N–H and O–H groups in total. The molecule has 0 saturated heterocycles. The van der Waals surface area contributed by atoms with Gasteiger partial charge < -0.3 is 10.4 Å². The zero-order valence-electron chi connectivity index (χ0n) is 15.9. The average molecular weight is 357 g/mol. The lowest BCUT2D eigenvalue weighted by atomic mass is 9.69. The number of anilines is 1. The molecular weight excluding hydrogens is 330 g/mol. The molecule has 0 unspecified atom stereocenters. The molecule has 1 aliphatic carbocycles. The summed E-state index contributed by atoms with van der Waals surface area (Å²) in [5.74, 6) is 1.14. The number of phenols is 1. The smallest absolute Gasteiger partial charge is 0.115 e. The summed E-state index contributed by atoms with van der Waals surface area (Å²) in [5.41, 5.74) is 6.55. The van der Waals surface area contributed by atoms with Crippen LogP contribution in [0.1, 0.15) is 53.9 Å². The molecule has 0 aromatic heterocycles. The second-order valence-electron chi connectivity index (χ2n) is 7.47. The van der Waals surface area contributed by atoms with Gasteiger partial charge in [0.2, 0.25) is 0 Å². The first-order chi connectivity index (χ1) is 13.3. The largest absolute Gasteiger partial charge is 0.508 e. The molecular formula is C25H27NO. The SMILES string of the molecule is CCCNc1ccc([C@H]2c3ccc(O)cc3CC[C@H]2c2ccccc2)cc1. The fraction of sp³-hybridized carbons (Fsp3) is 0.280. The number of aromatic hydroxyl groups is 1. The van der Waals surface area contributed by atoms with Crippen molar-refractivity contribution < 1.29 is 5.11 Å². The summed E-state index contributed by atoms with van der Waals surface area (Å²) >= 11 is 0. The highest BCUT2D eigenvalue weighted by atomic mass is 16.3. The fourth-order valence-electron chi connectivity index (χ4n) is 4.36. The van der Waals surface area contributed by atoms with Gasteiger partial charge in [-0.15, -0.1) is 0 Å². The number of benzene rings is 3. The Labute approximate surface area is 161 Å². The average Bonchev–Trinajstić information content (AvgIpc) is 2.72. The number of hydrogen-bond acceptors (Lipinski definition) is 2. The van der Waals surface area contributed by atoms with E-state index in [-0.39, 0.29) is 0 Å². The van der Waals surface area contributed by atoms with E-state index in [1.54, 1.807) is 0 Å². The lowest BCUT2D eigenvalue weighted by molar-refractivity contribution is 0.469. The first-order valence-electron chi connectivity index (χ1n) is 9.97. The molecule has 3 aromatic rings. The molecule has 2 nitrogen and oxygen atoms in total. The van der Waals surface area contributed by atoms with Crippen molar-refractivity contribution in [2.24, 2.45) is 0 Å². The van der Waals surface area contributed by atoms with Crippen molar-refractivity contribution in [3.63, 3.8) is 0 Å². The second-order valence-corrected chi connectivity index (χ2v) is 7.47. The van der Waals surface area contributed by atoms with Crippen molar-refractivity contribution >= 4 is 5.69 Å². The van der Waals surface area contributed by atoms with Crippen molar-refractivity contribution in [3.05, 3.63) is 95.1 Å². The van der Waals surface area contributed by atoms with E-state index in [1.807, 2.05) is 12.1 Å². The van der Waals surface area contributed by atoms with Gasteiger partial charge in [0.05, 0.1) is 0 Å². The van der Waals surface area contributed by atoms with Crippen LogP contribution >= 0.6 is 0 Å². The summed E-state index contributed by atoms with van der Waals surface area (Å²) in [6, 6.07) is 25.7. The maximum atomic E-state index is 9.94. The molecule has 2 heteroatoms. The van der Waals surface area contributed by atoms with E-state index in [1.165, 1.54) is 27.9 Å². The first kappa shape index (κ1) is 17.7. The Kier molecular flexibility index (Phi) is 5.15. The van der Waals surface area contributed by atoms with Crippen LogP contribution in [0.3, 0.4) is 0 Å². The molecule has 3 aromatic carbocycles. The Balaban J connectivity index is 1.75. The van der Waals surface area contributed by atoms with Crippen molar-refractivity contribution in [1.82, 2.24) is 0 Å². The highest BCUT2D eigenvalue weighted by Crippen LogP contribution is 2.46. The monoisotopic (exact) mass is 357 g/mol. The number of fused-ring (bicyclic) bond motifs is 1. The third kappa shape index (κ3) is 3.71. The van der Waals surface area contributed by atoms with E-state index in [0.29, 0.717) is 17.6 Å². The Morgan fingerprint density at radius 3 is 2.44 bits per heavy atom. The van der Waals surface area contributed by atoms with Gasteiger partial charge in [0.25, 0.3) is 0 Å². The van der Waals surface area contributed by atoms with Crippen LogP contribution in [0.5, 0.6) is 5.75 Å². The maximum absolute atomic E-state index is 9.94. The second kappa shape index (κ2) is 7.87. The lowest BCUT2D eigenvalue weighted by Gasteiger charge is -2.35. The molecule has 2 atom stereocenters. The molecule has 27 heavy (non-hydrogen) atoms. The van der Waals surface area contributed by atoms with Crippen LogP contribution < -0.4 is 5.32 Å². The van der Waals surface area contributed by atoms with E-state index in [2.05, 4.69) is 72.9 Å². The van der Waals surface area contributed by atoms with Crippen LogP contribution in [0.4, 0.5) is 5.69 Å². The van der Waals surface area contributed by atoms with E-state index in [0.717, 1.165) is 25.8 Å². The minimum absolute atomic E-state index is 0.317. The van der Waals surface area contributed by atoms with E-state index in [4.69, 9.17) is 0 Å². The van der Waals surface area contributed by atoms with Gasteiger partial charge in [-0.3, -0.25) is 0 Å². The number of hydrogen-bond donors (Lipinski definition) is 2. The standard InChI is InChI=1S/C25H27NO/c1-2-16-26-21-11-8-19(9-12-21)25-23(18-6-4-3-5-7-18)14-10-20-17-22(27)13-15-24(20)25/h3-9,11-13,15,17,23,25-27H,2,10,14,16H2,1H3/t23-,25+/m0/s1. The fourth-order valence-corrected chi connectivity index (χ4v) is 4.36. The van der Waals surface area contributed by atoms with Gasteiger partial charge in [0.15, 0.2) is 0 Å². The predicted octanol–water partition coefficient (Wildman–Crippen LogP) is 6.08. The van der Waals surface area contributed by atoms with Crippen LogP contribution in [-0.2, 0) is 6.42 Å². The van der Waals surface area contributed by atoms with Crippen LogP contribution in [0.2, 0.25) is 0 Å². The third-order valence-electron chi connectivity index (χ3n) is 5.67. The van der Waals surface area contributed by atoms with Crippen LogP contribution in [0.25, 0.3) is 0 Å². The topological polar surface area (TPSA) is 32.3 Å². The highest BCUT2D eigenvalue weighted by Gasteiger charge is 2.32. The number of rotatable bonds is 5. The minimum Gasteiger partial charge on any atom is -0.508 e. The quantitative estimate of drug-likeness (QED) is 0.580. The third-order valence-corrected chi connectivity index (χ3v) is 5.67. The zero-order valence-corrected chi connectivity index (χ0v) is 15.9. The molecule has 0 bridgehead atoms. The van der Waals surface area contributed by atoms with E-state index < -0.39 is 0 Å². The molecule has 0 heterocycles. The van der Waals surface area contributed by atoms with Gasteiger partial charge in [0, 0.05) is 18.2 Å². The molecule has 0 fully saturated rings. The molecule has 4 rings (SSSR count). The Morgan fingerprint density at radius 1 is 0.926 bits per heavy atom. The lowest BCUT2D eigenvalue weighted by Crippen LogP contribution is -2.20. The van der Waals surface area contributed by atoms with E-state index >= 15 is 0 Å². The summed E-state index contributed by atoms with van der Waals surface area (Å²) in [4.78, 5) is 0. The van der Waals surface area contributed by atoms with Crippen molar-refractivity contribution in [2.75, 3.05) is 11.9 Å². The first-order valence-corrected chi connectivity index (χ1v) is 9.97. The number of nitrogens with one attached hydrogen (secondary N) is 1. The van der Waals surface area contributed by atoms with Gasteiger partial charge in [-0.2, -0.15) is 0 Å². The Morgan fingerprint density at radius 2 is 1.70 bits per heavy atom. The predicted molar refractivity (Wildman–Crippen MR) is 113 cm³/mol. The van der Waals surface area contributed by atoms with Gasteiger partial charge in [-0.25, -0.2) is 0 Å². The zero-order chi connectivity index (χ0) is 18.6. The van der Waals surface area contributed by atoms with Crippen LogP contribution in [0, 0.1) is 0 Å². The summed E-state index contributed by atoms with van der Waals surface area (Å²) in [6.45, 7) is 3.18. The molecule has 0 saturated carbocycles. The summed E-state index contributed by atoms with van der Waals surface area (Å²) in [6.07, 6.45) is 3.23. The molecule has 1 aliphatic rings. The molecule has 138 valence electrons. The van der Waals surface area contributed by atoms with Gasteiger partial charge in [0.1, 0.15) is 5.75 Å². The number of phenolic OH excluding ortho intramolecular Hbond substituents is 1. The van der Waals surface area contributed by atoms with E-state index in [9.17, 15) is 5.11 Å². The molecule has 0 spiro atoms. The van der Waals surface area contributed by atoms with Gasteiger partial charge in [-0.05, 0) is 71.7 Å². The minimum atomic E-state index is 0.317. The Hall–Kier alpha value is -2.74. The summed E-state index contributed by atoms with van der Waals surface area (Å²) in [7, 11) is 0. The number of aryl methyl sites for hydroxylation is 1. The highest BCUT2D eigenvalue weighted by molar-refractivity contribution is 5.51. The van der Waals surface area contributed by atoms with Crippen molar-refractivity contribution in [3.8, 4) is 5.75 Å². The summed E-state index contributed by atoms with van der Waals surface area (Å²) in [5, 5.41) is 13.4. The molecule has 0 aliphatic heterocycles. The summed E-state index contributed by atoms with van der Waals surface area (Å²) < 4.78 is 0. The maximum Gasteiger partial charge on any atom is 0.115 e. The molecule has 0 amide bonds. The van der Waals surface area contributed by atoms with Crippen molar-refractivity contribution in [2.45, 2.75) is 38.0 Å². The van der Waals surface area contributed by atoms with Crippen molar-refractivity contribution in [1.29, 1.82) is 0 Å². The normalized spacial score (nSPS) is 18.7. The Bertz CT molecular complexity index is 886. The van der Waals surface area contributed by atoms with Gasteiger partial charge in [-0.1, -0.05) is 55.5 Å².